The number of carbonyl (C=O) groups is 1. The molecule has 28 heavy (non-hydrogen) atoms. The molecule has 150 valence electrons. The van der Waals surface area contributed by atoms with Crippen molar-refractivity contribution in [2.24, 2.45) is 12.5 Å². The lowest BCUT2D eigenvalue weighted by Gasteiger charge is -2.31. The molecule has 2 aliphatic heterocycles. The van der Waals surface area contributed by atoms with E-state index in [0.717, 1.165) is 49.5 Å². The lowest BCUT2D eigenvalue weighted by Crippen LogP contribution is -2.42. The fourth-order valence-corrected chi connectivity index (χ4v) is 4.84. The number of para-hydroxylation sites is 1. The zero-order valence-corrected chi connectivity index (χ0v) is 17.0. The molecule has 6 nitrogen and oxygen atoms in total. The van der Waals surface area contributed by atoms with Gasteiger partial charge >= 0.3 is 0 Å². The Labute approximate surface area is 171 Å². The minimum Gasteiger partial charge on any atom is -0.492 e. The molecule has 7 heteroatoms. The number of nitrogens with zero attached hydrogens (tertiary/aromatic N) is 3. The molecule has 1 saturated carbocycles. The monoisotopic (exact) mass is 402 g/mol. The van der Waals surface area contributed by atoms with Crippen molar-refractivity contribution < 1.29 is 9.53 Å². The van der Waals surface area contributed by atoms with Gasteiger partial charge in [-0.2, -0.15) is 0 Å². The van der Waals surface area contributed by atoms with Crippen LogP contribution in [0.3, 0.4) is 0 Å². The standard InChI is InChI=1S/C21H26N4O2.ClH/c1-24-11-10-23-19(24)13-25(18-12-21(18)6-8-22-9-7-21)20(26)16-14-27-17-5-3-2-4-15(16)17;/h2-5,10-11,16,18,22H,6-9,12-14H2,1H3;1H. The van der Waals surface area contributed by atoms with E-state index >= 15 is 0 Å². The first-order valence-corrected chi connectivity index (χ1v) is 9.87. The Morgan fingerprint density at radius 1 is 1.36 bits per heavy atom. The summed E-state index contributed by atoms with van der Waals surface area (Å²) in [5.74, 6) is 1.76. The summed E-state index contributed by atoms with van der Waals surface area (Å²) < 4.78 is 7.81. The van der Waals surface area contributed by atoms with E-state index in [1.54, 1.807) is 6.20 Å². The van der Waals surface area contributed by atoms with Gasteiger partial charge in [0.1, 0.15) is 24.1 Å². The number of amides is 1. The lowest BCUT2D eigenvalue weighted by atomic mass is 9.93. The zero-order chi connectivity index (χ0) is 18.4. The van der Waals surface area contributed by atoms with Crippen molar-refractivity contribution in [2.45, 2.75) is 37.8 Å². The van der Waals surface area contributed by atoms with Crippen LogP contribution in [-0.2, 0) is 18.4 Å². The molecule has 3 aliphatic rings. The van der Waals surface area contributed by atoms with Crippen molar-refractivity contribution in [2.75, 3.05) is 19.7 Å². The highest BCUT2D eigenvalue weighted by atomic mass is 35.5. The third-order valence-electron chi connectivity index (χ3n) is 6.64. The van der Waals surface area contributed by atoms with Gasteiger partial charge in [-0.25, -0.2) is 4.98 Å². The Hall–Kier alpha value is -2.05. The molecule has 0 radical (unpaired) electrons. The van der Waals surface area contributed by atoms with Gasteiger partial charge in [0.2, 0.25) is 5.91 Å². The first-order chi connectivity index (χ1) is 13.2. The number of hydrogen-bond donors (Lipinski definition) is 1. The molecule has 1 aromatic carbocycles. The van der Waals surface area contributed by atoms with Gasteiger partial charge in [0.15, 0.2) is 0 Å². The summed E-state index contributed by atoms with van der Waals surface area (Å²) in [6.07, 6.45) is 7.16. The van der Waals surface area contributed by atoms with Crippen LogP contribution in [0, 0.1) is 5.41 Å². The molecule has 2 unspecified atom stereocenters. The van der Waals surface area contributed by atoms with Crippen molar-refractivity contribution in [1.82, 2.24) is 19.8 Å². The van der Waals surface area contributed by atoms with Gasteiger partial charge in [0, 0.05) is 31.0 Å². The zero-order valence-electron chi connectivity index (χ0n) is 16.1. The molecule has 1 spiro atoms. The Bertz CT molecular complexity index is 862. The fourth-order valence-electron chi connectivity index (χ4n) is 4.84. The Balaban J connectivity index is 0.00000192. The number of aryl methyl sites for hydroxylation is 1. The molecular formula is C21H27ClN4O2. The third-order valence-corrected chi connectivity index (χ3v) is 6.64. The second-order valence-electron chi connectivity index (χ2n) is 8.15. The Morgan fingerprint density at radius 2 is 2.14 bits per heavy atom. The van der Waals surface area contributed by atoms with Gasteiger partial charge < -0.3 is 19.5 Å². The summed E-state index contributed by atoms with van der Waals surface area (Å²) in [4.78, 5) is 20.2. The van der Waals surface area contributed by atoms with Crippen molar-refractivity contribution >= 4 is 18.3 Å². The first kappa shape index (κ1) is 19.3. The predicted molar refractivity (Wildman–Crippen MR) is 109 cm³/mol. The van der Waals surface area contributed by atoms with Crippen LogP contribution >= 0.6 is 12.4 Å². The van der Waals surface area contributed by atoms with Gasteiger partial charge in [0.05, 0.1) is 6.54 Å². The van der Waals surface area contributed by atoms with Crippen LogP contribution in [0.1, 0.15) is 36.6 Å². The fraction of sp³-hybridized carbons (Fsp3) is 0.524. The third kappa shape index (κ3) is 3.18. The van der Waals surface area contributed by atoms with Crippen molar-refractivity contribution in [3.05, 3.63) is 48.0 Å². The Kier molecular flexibility index (Phi) is 5.10. The number of nitrogens with one attached hydrogen (secondary N) is 1. The second kappa shape index (κ2) is 7.41. The van der Waals surface area contributed by atoms with E-state index in [1.807, 2.05) is 42.1 Å². The lowest BCUT2D eigenvalue weighted by molar-refractivity contribution is -0.135. The number of hydrogen-bond acceptors (Lipinski definition) is 4. The maximum absolute atomic E-state index is 13.6. The maximum atomic E-state index is 13.6. The highest BCUT2D eigenvalue weighted by Crippen LogP contribution is 2.56. The average Bonchev–Trinajstić information content (AvgIpc) is 3.04. The number of piperidine rings is 1. The molecule has 2 atom stereocenters. The smallest absolute Gasteiger partial charge is 0.234 e. The highest BCUT2D eigenvalue weighted by Gasteiger charge is 2.58. The van der Waals surface area contributed by atoms with E-state index in [0.29, 0.717) is 24.6 Å². The van der Waals surface area contributed by atoms with Crippen LogP contribution in [0.2, 0.25) is 0 Å². The number of fused-ring (bicyclic) bond motifs is 1. The van der Waals surface area contributed by atoms with Gasteiger partial charge in [-0.15, -0.1) is 12.4 Å². The van der Waals surface area contributed by atoms with Gasteiger partial charge in [-0.3, -0.25) is 4.79 Å². The average molecular weight is 403 g/mol. The number of benzene rings is 1. The quantitative estimate of drug-likeness (QED) is 0.853. The molecule has 3 heterocycles. The molecule has 2 fully saturated rings. The number of imidazole rings is 1. The van der Waals surface area contributed by atoms with Crippen LogP contribution in [-0.4, -0.2) is 46.1 Å². The summed E-state index contributed by atoms with van der Waals surface area (Å²) in [5, 5.41) is 3.45. The summed E-state index contributed by atoms with van der Waals surface area (Å²) >= 11 is 0. The summed E-state index contributed by atoms with van der Waals surface area (Å²) in [5.41, 5.74) is 1.32. The molecule has 1 saturated heterocycles. The van der Waals surface area contributed by atoms with Crippen LogP contribution in [0.4, 0.5) is 0 Å². The van der Waals surface area contributed by atoms with Gasteiger partial charge in [0.25, 0.3) is 0 Å². The molecule has 0 bridgehead atoms. The van der Waals surface area contributed by atoms with E-state index in [1.165, 1.54) is 0 Å². The summed E-state index contributed by atoms with van der Waals surface area (Å²) in [7, 11) is 1.99. The first-order valence-electron chi connectivity index (χ1n) is 9.87. The maximum Gasteiger partial charge on any atom is 0.234 e. The van der Waals surface area contributed by atoms with Crippen molar-refractivity contribution in [3.8, 4) is 5.75 Å². The molecule has 2 aromatic rings. The molecule has 1 N–H and O–H groups in total. The Morgan fingerprint density at radius 3 is 2.89 bits per heavy atom. The van der Waals surface area contributed by atoms with Crippen LogP contribution < -0.4 is 10.1 Å². The van der Waals surface area contributed by atoms with Crippen LogP contribution in [0.25, 0.3) is 0 Å². The molecule has 1 aromatic heterocycles. The number of carbonyl (C=O) groups excluding carboxylic acids is 1. The highest BCUT2D eigenvalue weighted by molar-refractivity contribution is 5.86. The largest absolute Gasteiger partial charge is 0.492 e. The minimum atomic E-state index is -0.208. The SMILES string of the molecule is Cl.Cn1ccnc1CN(C(=O)C1COc2ccccc21)C1CC12CCNCC2. The van der Waals surface area contributed by atoms with E-state index in [2.05, 4.69) is 15.2 Å². The molecular weight excluding hydrogens is 376 g/mol. The van der Waals surface area contributed by atoms with E-state index in [4.69, 9.17) is 4.74 Å². The van der Waals surface area contributed by atoms with E-state index in [-0.39, 0.29) is 24.2 Å². The van der Waals surface area contributed by atoms with Gasteiger partial charge in [-0.1, -0.05) is 18.2 Å². The molecule has 1 amide bonds. The number of rotatable bonds is 4. The topological polar surface area (TPSA) is 59.4 Å². The minimum absolute atomic E-state index is 0. The molecule has 1 aliphatic carbocycles. The number of ether oxygens (including phenoxy) is 1. The van der Waals surface area contributed by atoms with Crippen molar-refractivity contribution in [3.63, 3.8) is 0 Å². The van der Waals surface area contributed by atoms with Gasteiger partial charge in [-0.05, 0) is 43.8 Å². The normalized spacial score (nSPS) is 24.2. The number of aromatic nitrogens is 2. The number of halogens is 1. The second-order valence-corrected chi connectivity index (χ2v) is 8.15. The summed E-state index contributed by atoms with van der Waals surface area (Å²) in [6.45, 7) is 3.12. The van der Waals surface area contributed by atoms with Crippen LogP contribution in [0.5, 0.6) is 5.75 Å². The summed E-state index contributed by atoms with van der Waals surface area (Å²) in [6, 6.07) is 8.25. The predicted octanol–water partition coefficient (Wildman–Crippen LogP) is 2.49. The van der Waals surface area contributed by atoms with E-state index < -0.39 is 0 Å². The molecule has 5 rings (SSSR count). The van der Waals surface area contributed by atoms with Crippen molar-refractivity contribution in [1.29, 1.82) is 0 Å². The van der Waals surface area contributed by atoms with Crippen LogP contribution in [0.15, 0.2) is 36.7 Å². The van der Waals surface area contributed by atoms with E-state index in [9.17, 15) is 4.79 Å².